The quantitative estimate of drug-likeness (QED) is 0.644. The van der Waals surface area contributed by atoms with Gasteiger partial charge in [-0.15, -0.1) is 0 Å². The maximum absolute atomic E-state index is 9.92. The minimum Gasteiger partial charge on any atom is -0.507 e. The molecule has 0 aliphatic carbocycles. The van der Waals surface area contributed by atoms with Crippen LogP contribution in [0.15, 0.2) is 46.4 Å². The van der Waals surface area contributed by atoms with Crippen molar-refractivity contribution in [2.45, 2.75) is 27.7 Å². The molecule has 4 nitrogen and oxygen atoms in total. The highest BCUT2D eigenvalue weighted by Crippen LogP contribution is 2.20. The number of aryl methyl sites for hydroxylation is 2. The van der Waals surface area contributed by atoms with Crippen LogP contribution >= 0.6 is 0 Å². The molecule has 0 radical (unpaired) electrons. The molecule has 0 fully saturated rings. The van der Waals surface area contributed by atoms with Crippen LogP contribution in [0.3, 0.4) is 0 Å². The molecule has 2 aromatic rings. The molecule has 0 saturated heterocycles. The summed E-state index contributed by atoms with van der Waals surface area (Å²) in [6.07, 6.45) is 0. The Labute approximate surface area is 143 Å². The number of aromatic hydroxyl groups is 2. The number of hydrogen-bond acceptors (Lipinski definition) is 4. The van der Waals surface area contributed by atoms with Crippen molar-refractivity contribution in [1.29, 1.82) is 0 Å². The molecule has 2 rings (SSSR count). The van der Waals surface area contributed by atoms with Gasteiger partial charge in [0, 0.05) is 22.6 Å². The van der Waals surface area contributed by atoms with Gasteiger partial charge in [-0.3, -0.25) is 9.98 Å². The van der Waals surface area contributed by atoms with E-state index in [0.29, 0.717) is 13.1 Å². The van der Waals surface area contributed by atoms with Crippen LogP contribution in [0, 0.1) is 13.8 Å². The Kier molecular flexibility index (Phi) is 5.74. The molecule has 0 aliphatic heterocycles. The highest BCUT2D eigenvalue weighted by Gasteiger charge is 2.05. The van der Waals surface area contributed by atoms with Crippen molar-refractivity contribution in [2.24, 2.45) is 9.98 Å². The minimum atomic E-state index is 0.242. The number of hydrogen-bond donors (Lipinski definition) is 2. The van der Waals surface area contributed by atoms with E-state index >= 15 is 0 Å². The molecule has 0 atom stereocenters. The van der Waals surface area contributed by atoms with Crippen LogP contribution in [-0.2, 0) is 0 Å². The van der Waals surface area contributed by atoms with Gasteiger partial charge in [0.15, 0.2) is 0 Å². The first-order valence-corrected chi connectivity index (χ1v) is 8.00. The zero-order valence-corrected chi connectivity index (χ0v) is 14.7. The van der Waals surface area contributed by atoms with Crippen molar-refractivity contribution >= 4 is 11.4 Å². The van der Waals surface area contributed by atoms with E-state index in [4.69, 9.17) is 0 Å². The average molecular weight is 324 g/mol. The molecule has 4 heteroatoms. The van der Waals surface area contributed by atoms with Crippen LogP contribution in [0.5, 0.6) is 11.5 Å². The molecule has 0 bridgehead atoms. The Morgan fingerprint density at radius 3 is 1.50 bits per heavy atom. The SMILES string of the molecule is CC(=NCCN=C(C)c1cc(C)ccc1O)c1cc(C)ccc1O. The molecule has 0 spiro atoms. The summed E-state index contributed by atoms with van der Waals surface area (Å²) in [6, 6.07) is 11.0. The van der Waals surface area contributed by atoms with E-state index in [-0.39, 0.29) is 11.5 Å². The van der Waals surface area contributed by atoms with Crippen LogP contribution in [0.2, 0.25) is 0 Å². The molecule has 24 heavy (non-hydrogen) atoms. The summed E-state index contributed by atoms with van der Waals surface area (Å²) >= 11 is 0. The standard InChI is InChI=1S/C20H24N2O2/c1-13-5-7-19(23)17(11-13)15(3)21-9-10-22-16(4)18-12-14(2)6-8-20(18)24/h5-8,11-12,23-24H,9-10H2,1-4H3. The Balaban J connectivity index is 2.05. The molecule has 126 valence electrons. The van der Waals surface area contributed by atoms with Gasteiger partial charge in [-0.05, 0) is 52.0 Å². The van der Waals surface area contributed by atoms with E-state index in [1.807, 2.05) is 52.0 Å². The molecule has 2 N–H and O–H groups in total. The van der Waals surface area contributed by atoms with Gasteiger partial charge < -0.3 is 10.2 Å². The molecule has 0 heterocycles. The number of aliphatic imine (C=N–C) groups is 2. The lowest BCUT2D eigenvalue weighted by atomic mass is 10.1. The predicted octanol–water partition coefficient (Wildman–Crippen LogP) is 4.03. The predicted molar refractivity (Wildman–Crippen MR) is 99.8 cm³/mol. The van der Waals surface area contributed by atoms with Gasteiger partial charge >= 0.3 is 0 Å². The average Bonchev–Trinajstić information content (AvgIpc) is 2.55. The number of phenols is 2. The van der Waals surface area contributed by atoms with E-state index in [0.717, 1.165) is 33.7 Å². The first kappa shape index (κ1) is 17.7. The van der Waals surface area contributed by atoms with Crippen LogP contribution in [0.4, 0.5) is 0 Å². The van der Waals surface area contributed by atoms with Crippen LogP contribution in [0.1, 0.15) is 36.1 Å². The Morgan fingerprint density at radius 2 is 1.12 bits per heavy atom. The molecule has 0 saturated carbocycles. The van der Waals surface area contributed by atoms with Gasteiger partial charge in [0.25, 0.3) is 0 Å². The third-order valence-corrected chi connectivity index (χ3v) is 3.88. The van der Waals surface area contributed by atoms with Crippen LogP contribution in [-0.4, -0.2) is 34.7 Å². The summed E-state index contributed by atoms with van der Waals surface area (Å²) in [4.78, 5) is 8.98. The topological polar surface area (TPSA) is 65.2 Å². The maximum atomic E-state index is 9.92. The van der Waals surface area contributed by atoms with Gasteiger partial charge in [0.2, 0.25) is 0 Å². The van der Waals surface area contributed by atoms with E-state index in [1.165, 1.54) is 0 Å². The van der Waals surface area contributed by atoms with E-state index in [2.05, 4.69) is 9.98 Å². The number of benzene rings is 2. The second kappa shape index (κ2) is 7.77. The van der Waals surface area contributed by atoms with E-state index < -0.39 is 0 Å². The second-order valence-corrected chi connectivity index (χ2v) is 5.98. The third-order valence-electron chi connectivity index (χ3n) is 3.88. The zero-order chi connectivity index (χ0) is 17.7. The molecule has 0 amide bonds. The summed E-state index contributed by atoms with van der Waals surface area (Å²) in [5.74, 6) is 0.484. The number of phenolic OH excluding ortho intramolecular Hbond substituents is 2. The zero-order valence-electron chi connectivity index (χ0n) is 14.7. The van der Waals surface area contributed by atoms with Gasteiger partial charge in [0.05, 0.1) is 13.1 Å². The minimum absolute atomic E-state index is 0.242. The van der Waals surface area contributed by atoms with Gasteiger partial charge in [-0.25, -0.2) is 0 Å². The molecular formula is C20H24N2O2. The molecule has 0 unspecified atom stereocenters. The Bertz CT molecular complexity index is 725. The van der Waals surface area contributed by atoms with Gasteiger partial charge in [-0.2, -0.15) is 0 Å². The fraction of sp³-hybridized carbons (Fsp3) is 0.300. The van der Waals surface area contributed by atoms with Crippen molar-refractivity contribution < 1.29 is 10.2 Å². The van der Waals surface area contributed by atoms with Gasteiger partial charge in [0.1, 0.15) is 11.5 Å². The van der Waals surface area contributed by atoms with Crippen molar-refractivity contribution in [1.82, 2.24) is 0 Å². The lowest BCUT2D eigenvalue weighted by molar-refractivity contribution is 0.473. The number of rotatable bonds is 5. The first-order valence-electron chi connectivity index (χ1n) is 8.00. The summed E-state index contributed by atoms with van der Waals surface area (Å²) in [7, 11) is 0. The van der Waals surface area contributed by atoms with Crippen molar-refractivity contribution in [3.05, 3.63) is 58.7 Å². The summed E-state index contributed by atoms with van der Waals surface area (Å²) < 4.78 is 0. The normalized spacial score (nSPS) is 12.5. The Morgan fingerprint density at radius 1 is 0.750 bits per heavy atom. The molecule has 2 aromatic carbocycles. The van der Waals surface area contributed by atoms with Crippen molar-refractivity contribution in [3.8, 4) is 11.5 Å². The van der Waals surface area contributed by atoms with E-state index in [9.17, 15) is 10.2 Å². The molecular weight excluding hydrogens is 300 g/mol. The molecule has 0 aliphatic rings. The summed E-state index contributed by atoms with van der Waals surface area (Å²) in [5.41, 5.74) is 5.27. The largest absolute Gasteiger partial charge is 0.507 e. The van der Waals surface area contributed by atoms with E-state index in [1.54, 1.807) is 12.1 Å². The Hall–Kier alpha value is -2.62. The molecule has 0 aromatic heterocycles. The highest BCUT2D eigenvalue weighted by atomic mass is 16.3. The van der Waals surface area contributed by atoms with Gasteiger partial charge in [-0.1, -0.05) is 23.3 Å². The van der Waals surface area contributed by atoms with Crippen molar-refractivity contribution in [3.63, 3.8) is 0 Å². The third kappa shape index (κ3) is 4.44. The fourth-order valence-electron chi connectivity index (χ4n) is 2.49. The smallest absolute Gasteiger partial charge is 0.124 e. The van der Waals surface area contributed by atoms with Crippen molar-refractivity contribution in [2.75, 3.05) is 13.1 Å². The lowest BCUT2D eigenvalue weighted by Crippen LogP contribution is -2.02. The monoisotopic (exact) mass is 324 g/mol. The fourth-order valence-corrected chi connectivity index (χ4v) is 2.49. The first-order chi connectivity index (χ1) is 11.4. The van der Waals surface area contributed by atoms with Crippen LogP contribution < -0.4 is 0 Å². The summed E-state index contributed by atoms with van der Waals surface area (Å²) in [6.45, 7) is 8.80. The lowest BCUT2D eigenvalue weighted by Gasteiger charge is -2.06. The highest BCUT2D eigenvalue weighted by molar-refractivity contribution is 6.02. The second-order valence-electron chi connectivity index (χ2n) is 5.98. The number of nitrogens with zero attached hydrogens (tertiary/aromatic N) is 2. The summed E-state index contributed by atoms with van der Waals surface area (Å²) in [5, 5.41) is 19.8. The maximum Gasteiger partial charge on any atom is 0.124 e. The van der Waals surface area contributed by atoms with Crippen LogP contribution in [0.25, 0.3) is 0 Å².